The Hall–Kier alpha value is -1.03. The van der Waals surface area contributed by atoms with Gasteiger partial charge in [-0.25, -0.2) is 22.9 Å². The first-order valence-corrected chi connectivity index (χ1v) is 7.72. The van der Waals surface area contributed by atoms with Gasteiger partial charge >= 0.3 is 5.97 Å². The van der Waals surface area contributed by atoms with Crippen LogP contribution in [0.25, 0.3) is 0 Å². The van der Waals surface area contributed by atoms with Gasteiger partial charge in [0.05, 0.1) is 5.51 Å². The molecule has 0 amide bonds. The first-order chi connectivity index (χ1) is 8.49. The summed E-state index contributed by atoms with van der Waals surface area (Å²) in [5.41, 5.74) is 0.774. The van der Waals surface area contributed by atoms with Gasteiger partial charge in [-0.15, -0.1) is 11.3 Å². The quantitative estimate of drug-likeness (QED) is 0.587. The summed E-state index contributed by atoms with van der Waals surface area (Å²) in [4.78, 5) is 14.3. The molecule has 0 aromatic carbocycles. The molecular formula is C9H15N3O4S2. The fraction of sp³-hybridized carbons (Fsp3) is 0.556. The van der Waals surface area contributed by atoms with Crippen molar-refractivity contribution in [2.24, 2.45) is 0 Å². The number of carboxylic acid groups (broad SMARTS) is 1. The molecule has 0 saturated heterocycles. The summed E-state index contributed by atoms with van der Waals surface area (Å²) in [6.45, 7) is 3.74. The number of nitrogens with one attached hydrogen (secondary N) is 2. The maximum absolute atomic E-state index is 11.8. The average molecular weight is 293 g/mol. The summed E-state index contributed by atoms with van der Waals surface area (Å²) >= 11 is 0.795. The fourth-order valence-electron chi connectivity index (χ4n) is 1.23. The Balaban J connectivity index is 2.63. The van der Waals surface area contributed by atoms with Crippen LogP contribution < -0.4 is 10.0 Å². The van der Waals surface area contributed by atoms with Crippen LogP contribution in [0.15, 0.2) is 9.72 Å². The standard InChI is InChI=1S/C9H15N3O4S2/c1-2-10-4-3-5-12-18(15,16)9-7(8(13)14)11-6-17-9/h6,10,12H,2-5H2,1H3,(H,13,14). The van der Waals surface area contributed by atoms with E-state index < -0.39 is 21.7 Å². The van der Waals surface area contributed by atoms with Crippen molar-refractivity contribution in [1.82, 2.24) is 15.0 Å². The second-order valence-electron chi connectivity index (χ2n) is 3.40. The summed E-state index contributed by atoms with van der Waals surface area (Å²) < 4.78 is 25.8. The first kappa shape index (κ1) is 15.0. The smallest absolute Gasteiger partial charge is 0.356 e. The van der Waals surface area contributed by atoms with Gasteiger partial charge in [-0.05, 0) is 19.5 Å². The van der Waals surface area contributed by atoms with Gasteiger partial charge in [0, 0.05) is 6.54 Å². The Morgan fingerprint density at radius 2 is 2.22 bits per heavy atom. The fourth-order valence-corrected chi connectivity index (χ4v) is 3.49. The van der Waals surface area contributed by atoms with Crippen molar-refractivity contribution < 1.29 is 18.3 Å². The zero-order chi connectivity index (χ0) is 13.6. The largest absolute Gasteiger partial charge is 0.476 e. The van der Waals surface area contributed by atoms with E-state index >= 15 is 0 Å². The number of carbonyl (C=O) groups is 1. The van der Waals surface area contributed by atoms with Crippen LogP contribution in [0.4, 0.5) is 0 Å². The highest BCUT2D eigenvalue weighted by Gasteiger charge is 2.24. The summed E-state index contributed by atoms with van der Waals surface area (Å²) in [5.74, 6) is -1.34. The molecule has 0 unspecified atom stereocenters. The van der Waals surface area contributed by atoms with Crippen molar-refractivity contribution in [3.8, 4) is 0 Å². The third-order valence-corrected chi connectivity index (χ3v) is 4.88. The summed E-state index contributed by atoms with van der Waals surface area (Å²) in [6, 6.07) is 0. The first-order valence-electron chi connectivity index (χ1n) is 5.36. The van der Waals surface area contributed by atoms with E-state index in [2.05, 4.69) is 15.0 Å². The number of nitrogens with zero attached hydrogens (tertiary/aromatic N) is 1. The number of sulfonamides is 1. The molecule has 0 bridgehead atoms. The van der Waals surface area contributed by atoms with Gasteiger partial charge in [-0.2, -0.15) is 0 Å². The molecule has 18 heavy (non-hydrogen) atoms. The van der Waals surface area contributed by atoms with E-state index in [1.165, 1.54) is 5.51 Å². The van der Waals surface area contributed by atoms with Crippen LogP contribution in [0.5, 0.6) is 0 Å². The van der Waals surface area contributed by atoms with E-state index in [9.17, 15) is 13.2 Å². The molecule has 9 heteroatoms. The molecule has 1 aromatic heterocycles. The van der Waals surface area contributed by atoms with Gasteiger partial charge in [-0.3, -0.25) is 0 Å². The lowest BCUT2D eigenvalue weighted by molar-refractivity contribution is 0.0687. The molecule has 0 radical (unpaired) electrons. The molecule has 102 valence electrons. The van der Waals surface area contributed by atoms with Crippen molar-refractivity contribution in [2.75, 3.05) is 19.6 Å². The molecule has 1 rings (SSSR count). The van der Waals surface area contributed by atoms with E-state index in [-0.39, 0.29) is 10.8 Å². The molecule has 0 aliphatic heterocycles. The average Bonchev–Trinajstić information content (AvgIpc) is 2.78. The minimum atomic E-state index is -3.78. The molecule has 1 heterocycles. The van der Waals surface area contributed by atoms with Crippen molar-refractivity contribution in [2.45, 2.75) is 17.6 Å². The van der Waals surface area contributed by atoms with Crippen molar-refractivity contribution in [3.05, 3.63) is 11.2 Å². The molecule has 0 atom stereocenters. The summed E-state index contributed by atoms with van der Waals surface area (Å²) in [7, 11) is -3.78. The van der Waals surface area contributed by atoms with Crippen LogP contribution in [-0.2, 0) is 10.0 Å². The molecule has 1 aromatic rings. The SMILES string of the molecule is CCNCCCNS(=O)(=O)c1scnc1C(=O)O. The number of thiazole rings is 1. The van der Waals surface area contributed by atoms with Gasteiger partial charge < -0.3 is 10.4 Å². The third kappa shape index (κ3) is 4.02. The van der Waals surface area contributed by atoms with Crippen LogP contribution in [0, 0.1) is 0 Å². The topological polar surface area (TPSA) is 108 Å². The van der Waals surface area contributed by atoms with Gasteiger partial charge in [-0.1, -0.05) is 6.92 Å². The lowest BCUT2D eigenvalue weighted by atomic mass is 10.4. The van der Waals surface area contributed by atoms with E-state index in [0.717, 1.165) is 17.9 Å². The number of hydrogen-bond acceptors (Lipinski definition) is 6. The van der Waals surface area contributed by atoms with Crippen LogP contribution in [0.1, 0.15) is 23.8 Å². The molecule has 0 aliphatic carbocycles. The molecular weight excluding hydrogens is 278 g/mol. The maximum Gasteiger partial charge on any atom is 0.356 e. The Kier molecular flexibility index (Phi) is 5.66. The van der Waals surface area contributed by atoms with Crippen molar-refractivity contribution >= 4 is 27.3 Å². The lowest BCUT2D eigenvalue weighted by Crippen LogP contribution is -2.28. The predicted molar refractivity (Wildman–Crippen MR) is 67.4 cm³/mol. The molecule has 3 N–H and O–H groups in total. The van der Waals surface area contributed by atoms with Crippen LogP contribution in [0.3, 0.4) is 0 Å². The van der Waals surface area contributed by atoms with Gasteiger partial charge in [0.15, 0.2) is 9.90 Å². The summed E-state index contributed by atoms with van der Waals surface area (Å²) in [5, 5.41) is 11.9. The highest BCUT2D eigenvalue weighted by molar-refractivity contribution is 7.91. The minimum Gasteiger partial charge on any atom is -0.476 e. The molecule has 0 fully saturated rings. The molecule has 0 aliphatic rings. The van der Waals surface area contributed by atoms with E-state index in [1.54, 1.807) is 0 Å². The monoisotopic (exact) mass is 293 g/mol. The van der Waals surface area contributed by atoms with E-state index in [0.29, 0.717) is 13.0 Å². The van der Waals surface area contributed by atoms with Crippen LogP contribution >= 0.6 is 11.3 Å². The molecule has 7 nitrogen and oxygen atoms in total. The number of carboxylic acids is 1. The minimum absolute atomic E-state index is 0.251. The molecule has 0 spiro atoms. The Morgan fingerprint density at radius 1 is 1.50 bits per heavy atom. The zero-order valence-corrected chi connectivity index (χ0v) is 11.5. The number of hydrogen-bond donors (Lipinski definition) is 3. The second-order valence-corrected chi connectivity index (χ2v) is 6.22. The highest BCUT2D eigenvalue weighted by atomic mass is 32.2. The predicted octanol–water partition coefficient (Wildman–Crippen LogP) is 0.119. The van der Waals surface area contributed by atoms with Gasteiger partial charge in [0.1, 0.15) is 0 Å². The zero-order valence-electron chi connectivity index (χ0n) is 9.84. The number of aromatic carboxylic acids is 1. The third-order valence-electron chi connectivity index (χ3n) is 2.05. The Morgan fingerprint density at radius 3 is 2.83 bits per heavy atom. The normalized spacial score (nSPS) is 11.6. The Bertz CT molecular complexity index is 498. The van der Waals surface area contributed by atoms with Gasteiger partial charge in [0.25, 0.3) is 10.0 Å². The second kappa shape index (κ2) is 6.78. The molecule has 0 saturated carbocycles. The van der Waals surface area contributed by atoms with Gasteiger partial charge in [0.2, 0.25) is 0 Å². The van der Waals surface area contributed by atoms with Crippen molar-refractivity contribution in [3.63, 3.8) is 0 Å². The number of rotatable bonds is 8. The van der Waals surface area contributed by atoms with Crippen molar-refractivity contribution in [1.29, 1.82) is 0 Å². The lowest BCUT2D eigenvalue weighted by Gasteiger charge is -2.05. The van der Waals surface area contributed by atoms with Crippen LogP contribution in [0.2, 0.25) is 0 Å². The maximum atomic E-state index is 11.8. The number of aromatic nitrogens is 1. The Labute approximate surface area is 109 Å². The van der Waals surface area contributed by atoms with E-state index in [4.69, 9.17) is 5.11 Å². The highest BCUT2D eigenvalue weighted by Crippen LogP contribution is 2.19. The van der Waals surface area contributed by atoms with Crippen LogP contribution in [-0.4, -0.2) is 44.1 Å². The summed E-state index contributed by atoms with van der Waals surface area (Å²) in [6.07, 6.45) is 0.633. The van der Waals surface area contributed by atoms with E-state index in [1.807, 2.05) is 6.92 Å².